The number of hydrogen-bond acceptors (Lipinski definition) is 3. The van der Waals surface area contributed by atoms with E-state index in [-0.39, 0.29) is 5.91 Å². The van der Waals surface area contributed by atoms with Gasteiger partial charge in [-0.15, -0.1) is 0 Å². The highest BCUT2D eigenvalue weighted by atomic mass is 16.2. The molecule has 1 N–H and O–H groups in total. The SMILES string of the molecule is Cn1ccnc1CNc1ccc(N2CCCC2=O)cc1. The lowest BCUT2D eigenvalue weighted by Crippen LogP contribution is -2.23. The van der Waals surface area contributed by atoms with Gasteiger partial charge in [-0.2, -0.15) is 0 Å². The molecule has 1 amide bonds. The monoisotopic (exact) mass is 270 g/mol. The van der Waals surface area contributed by atoms with Crippen LogP contribution < -0.4 is 10.2 Å². The molecule has 0 saturated carbocycles. The van der Waals surface area contributed by atoms with Crippen molar-refractivity contribution in [3.05, 3.63) is 42.5 Å². The molecule has 0 spiro atoms. The highest BCUT2D eigenvalue weighted by Gasteiger charge is 2.21. The molecule has 0 bridgehead atoms. The Bertz CT molecular complexity index is 603. The first-order valence-corrected chi connectivity index (χ1v) is 6.84. The van der Waals surface area contributed by atoms with Crippen molar-refractivity contribution in [1.29, 1.82) is 0 Å². The molecule has 0 aliphatic carbocycles. The quantitative estimate of drug-likeness (QED) is 0.926. The molecule has 2 aromatic rings. The number of carbonyl (C=O) groups excluding carboxylic acids is 1. The standard InChI is InChI=1S/C15H18N4O/c1-18-10-8-16-14(18)11-17-12-4-6-13(7-5-12)19-9-2-3-15(19)20/h4-8,10,17H,2-3,9,11H2,1H3. The molecule has 5 nitrogen and oxygen atoms in total. The molecule has 1 saturated heterocycles. The molecule has 104 valence electrons. The summed E-state index contributed by atoms with van der Waals surface area (Å²) in [5.41, 5.74) is 2.01. The smallest absolute Gasteiger partial charge is 0.227 e. The third-order valence-corrected chi connectivity index (χ3v) is 3.62. The van der Waals surface area contributed by atoms with Crippen LogP contribution in [0.5, 0.6) is 0 Å². The fourth-order valence-corrected chi connectivity index (χ4v) is 2.43. The number of hydrogen-bond donors (Lipinski definition) is 1. The minimum Gasteiger partial charge on any atom is -0.378 e. The molecule has 5 heteroatoms. The van der Waals surface area contributed by atoms with Gasteiger partial charge in [0.2, 0.25) is 5.91 Å². The number of carbonyl (C=O) groups is 1. The number of benzene rings is 1. The summed E-state index contributed by atoms with van der Waals surface area (Å²) in [6.45, 7) is 1.52. The van der Waals surface area contributed by atoms with E-state index in [9.17, 15) is 4.79 Å². The maximum absolute atomic E-state index is 11.7. The first kappa shape index (κ1) is 12.7. The van der Waals surface area contributed by atoms with Gasteiger partial charge in [-0.1, -0.05) is 0 Å². The minimum atomic E-state index is 0.221. The van der Waals surface area contributed by atoms with Gasteiger partial charge in [0.05, 0.1) is 6.54 Å². The molecule has 2 heterocycles. The van der Waals surface area contributed by atoms with E-state index in [2.05, 4.69) is 10.3 Å². The van der Waals surface area contributed by atoms with Crippen molar-refractivity contribution in [3.8, 4) is 0 Å². The zero-order valence-electron chi connectivity index (χ0n) is 11.5. The second-order valence-electron chi connectivity index (χ2n) is 5.00. The molecule has 1 aromatic carbocycles. The lowest BCUT2D eigenvalue weighted by Gasteiger charge is -2.16. The second kappa shape index (κ2) is 5.36. The van der Waals surface area contributed by atoms with Crippen molar-refractivity contribution in [2.24, 2.45) is 7.05 Å². The van der Waals surface area contributed by atoms with Crippen molar-refractivity contribution in [1.82, 2.24) is 9.55 Å². The summed E-state index contributed by atoms with van der Waals surface area (Å²) in [5, 5.41) is 3.33. The van der Waals surface area contributed by atoms with Gasteiger partial charge in [-0.05, 0) is 30.7 Å². The van der Waals surface area contributed by atoms with Crippen molar-refractivity contribution < 1.29 is 4.79 Å². The van der Waals surface area contributed by atoms with Crippen molar-refractivity contribution in [2.45, 2.75) is 19.4 Å². The summed E-state index contributed by atoms with van der Waals surface area (Å²) in [6.07, 6.45) is 5.34. The van der Waals surface area contributed by atoms with Crippen LogP contribution in [0.3, 0.4) is 0 Å². The zero-order chi connectivity index (χ0) is 13.9. The molecule has 0 unspecified atom stereocenters. The number of imidazole rings is 1. The fraction of sp³-hybridized carbons (Fsp3) is 0.333. The maximum Gasteiger partial charge on any atom is 0.227 e. The Kier molecular flexibility index (Phi) is 3.41. The molecule has 1 aromatic heterocycles. The number of aryl methyl sites for hydroxylation is 1. The van der Waals surface area contributed by atoms with Crippen LogP contribution in [-0.2, 0) is 18.4 Å². The first-order valence-electron chi connectivity index (χ1n) is 6.84. The third-order valence-electron chi connectivity index (χ3n) is 3.62. The molecular formula is C15H18N4O. The van der Waals surface area contributed by atoms with E-state index >= 15 is 0 Å². The Labute approximate surface area is 118 Å². The number of nitrogens with one attached hydrogen (secondary N) is 1. The number of anilines is 2. The van der Waals surface area contributed by atoms with Crippen LogP contribution >= 0.6 is 0 Å². The van der Waals surface area contributed by atoms with Crippen molar-refractivity contribution in [2.75, 3.05) is 16.8 Å². The predicted octanol–water partition coefficient (Wildman–Crippen LogP) is 2.16. The van der Waals surface area contributed by atoms with Crippen LogP contribution in [-0.4, -0.2) is 22.0 Å². The molecular weight excluding hydrogens is 252 g/mol. The summed E-state index contributed by atoms with van der Waals surface area (Å²) >= 11 is 0. The van der Waals surface area contributed by atoms with E-state index in [4.69, 9.17) is 0 Å². The first-order chi connectivity index (χ1) is 9.74. The van der Waals surface area contributed by atoms with Gasteiger partial charge in [-0.25, -0.2) is 4.98 Å². The van der Waals surface area contributed by atoms with E-state index in [1.807, 2.05) is 47.0 Å². The Hall–Kier alpha value is -2.30. The number of rotatable bonds is 4. The van der Waals surface area contributed by atoms with Gasteiger partial charge in [0.1, 0.15) is 5.82 Å². The largest absolute Gasteiger partial charge is 0.378 e. The van der Waals surface area contributed by atoms with Gasteiger partial charge in [0.25, 0.3) is 0 Å². The second-order valence-corrected chi connectivity index (χ2v) is 5.00. The summed E-state index contributed by atoms with van der Waals surface area (Å²) in [5.74, 6) is 1.21. The lowest BCUT2D eigenvalue weighted by atomic mass is 10.2. The van der Waals surface area contributed by atoms with Gasteiger partial charge >= 0.3 is 0 Å². The Morgan fingerprint density at radius 2 is 2.10 bits per heavy atom. The highest BCUT2D eigenvalue weighted by Crippen LogP contribution is 2.23. The third kappa shape index (κ3) is 2.52. The Morgan fingerprint density at radius 1 is 1.30 bits per heavy atom. The zero-order valence-corrected chi connectivity index (χ0v) is 11.5. The lowest BCUT2D eigenvalue weighted by molar-refractivity contribution is -0.117. The van der Waals surface area contributed by atoms with E-state index in [1.54, 1.807) is 6.20 Å². The summed E-state index contributed by atoms with van der Waals surface area (Å²) in [6, 6.07) is 7.99. The van der Waals surface area contributed by atoms with Crippen LogP contribution in [0.15, 0.2) is 36.7 Å². The molecule has 3 rings (SSSR count). The van der Waals surface area contributed by atoms with E-state index in [0.29, 0.717) is 13.0 Å². The van der Waals surface area contributed by atoms with Crippen LogP contribution in [0.25, 0.3) is 0 Å². The average molecular weight is 270 g/mol. The Balaban J connectivity index is 1.64. The van der Waals surface area contributed by atoms with E-state index < -0.39 is 0 Å². The van der Waals surface area contributed by atoms with Crippen LogP contribution in [0.4, 0.5) is 11.4 Å². The van der Waals surface area contributed by atoms with Crippen LogP contribution in [0.1, 0.15) is 18.7 Å². The normalized spacial score (nSPS) is 14.8. The van der Waals surface area contributed by atoms with E-state index in [0.717, 1.165) is 30.2 Å². The summed E-state index contributed by atoms with van der Waals surface area (Å²) in [7, 11) is 1.98. The van der Waals surface area contributed by atoms with Gasteiger partial charge in [-0.3, -0.25) is 4.79 Å². The highest BCUT2D eigenvalue weighted by molar-refractivity contribution is 5.95. The molecule has 0 radical (unpaired) electrons. The van der Waals surface area contributed by atoms with Gasteiger partial charge < -0.3 is 14.8 Å². The number of amides is 1. The van der Waals surface area contributed by atoms with E-state index in [1.165, 1.54) is 0 Å². The van der Waals surface area contributed by atoms with Crippen molar-refractivity contribution >= 4 is 17.3 Å². The molecule has 1 fully saturated rings. The van der Waals surface area contributed by atoms with Crippen LogP contribution in [0, 0.1) is 0 Å². The Morgan fingerprint density at radius 3 is 2.70 bits per heavy atom. The molecule has 1 aliphatic rings. The average Bonchev–Trinajstić information content (AvgIpc) is 3.06. The maximum atomic E-state index is 11.7. The molecule has 20 heavy (non-hydrogen) atoms. The topological polar surface area (TPSA) is 50.2 Å². The van der Waals surface area contributed by atoms with Crippen LogP contribution in [0.2, 0.25) is 0 Å². The van der Waals surface area contributed by atoms with Crippen molar-refractivity contribution in [3.63, 3.8) is 0 Å². The summed E-state index contributed by atoms with van der Waals surface area (Å²) < 4.78 is 1.99. The number of nitrogens with zero attached hydrogens (tertiary/aromatic N) is 3. The minimum absolute atomic E-state index is 0.221. The summed E-state index contributed by atoms with van der Waals surface area (Å²) in [4.78, 5) is 17.8. The van der Waals surface area contributed by atoms with Gasteiger partial charge in [0.15, 0.2) is 0 Å². The molecule has 1 aliphatic heterocycles. The fourth-order valence-electron chi connectivity index (χ4n) is 2.43. The van der Waals surface area contributed by atoms with Gasteiger partial charge in [0, 0.05) is 43.8 Å². The molecule has 0 atom stereocenters. The predicted molar refractivity (Wildman–Crippen MR) is 78.6 cm³/mol. The number of aromatic nitrogens is 2.